The van der Waals surface area contributed by atoms with Gasteiger partial charge in [0.25, 0.3) is 0 Å². The molecule has 0 spiro atoms. The lowest BCUT2D eigenvalue weighted by molar-refractivity contribution is 0.626. The van der Waals surface area contributed by atoms with Crippen LogP contribution in [0.3, 0.4) is 0 Å². The molecule has 3 aromatic rings. The Bertz CT molecular complexity index is 776. The van der Waals surface area contributed by atoms with Gasteiger partial charge in [0.15, 0.2) is 0 Å². The Morgan fingerprint density at radius 1 is 1.25 bits per heavy atom. The van der Waals surface area contributed by atoms with Crippen LogP contribution >= 0.6 is 0 Å². The minimum Gasteiger partial charge on any atom is -0.323 e. The van der Waals surface area contributed by atoms with Gasteiger partial charge in [-0.05, 0) is 30.7 Å². The highest BCUT2D eigenvalue weighted by molar-refractivity contribution is 5.81. The molecule has 0 saturated heterocycles. The molecule has 20 heavy (non-hydrogen) atoms. The number of anilines is 1. The molecule has 2 aromatic carbocycles. The first-order valence-electron chi connectivity index (χ1n) is 6.22. The van der Waals surface area contributed by atoms with E-state index in [0.717, 1.165) is 16.6 Å². The first-order valence-corrected chi connectivity index (χ1v) is 6.22. The average Bonchev–Trinajstić information content (AvgIpc) is 2.83. The van der Waals surface area contributed by atoms with Gasteiger partial charge >= 0.3 is 0 Å². The molecule has 0 radical (unpaired) electrons. The van der Waals surface area contributed by atoms with Crippen LogP contribution < -0.4 is 5.43 Å². The molecule has 3 rings (SSSR count). The Kier molecular flexibility index (Phi) is 3.16. The van der Waals surface area contributed by atoms with Crippen LogP contribution in [0.1, 0.15) is 11.1 Å². The van der Waals surface area contributed by atoms with Crippen molar-refractivity contribution in [2.75, 3.05) is 5.43 Å². The van der Waals surface area contributed by atoms with Gasteiger partial charge in [-0.25, -0.2) is 14.8 Å². The predicted octanol–water partition coefficient (Wildman–Crippen LogP) is 3.46. The van der Waals surface area contributed by atoms with Gasteiger partial charge in [-0.3, -0.25) is 0 Å². The van der Waals surface area contributed by atoms with E-state index in [1.54, 1.807) is 18.2 Å². The molecule has 0 bridgehead atoms. The number of aromatic nitrogens is 2. The second-order valence-electron chi connectivity index (χ2n) is 4.50. The predicted molar refractivity (Wildman–Crippen MR) is 78.4 cm³/mol. The van der Waals surface area contributed by atoms with Crippen LogP contribution in [-0.4, -0.2) is 16.2 Å². The molecular weight excluding hydrogens is 255 g/mol. The number of hydrazone groups is 1. The molecule has 0 aliphatic rings. The SMILES string of the molecule is Cc1ccc2nc(N/N=C\c3ccccc3F)[nH]c2c1. The molecule has 0 unspecified atom stereocenters. The minimum atomic E-state index is -0.307. The number of aromatic amines is 1. The largest absolute Gasteiger partial charge is 0.323 e. The summed E-state index contributed by atoms with van der Waals surface area (Å²) >= 11 is 0. The summed E-state index contributed by atoms with van der Waals surface area (Å²) in [6.45, 7) is 2.02. The van der Waals surface area contributed by atoms with Gasteiger partial charge in [0.1, 0.15) is 5.82 Å². The van der Waals surface area contributed by atoms with Crippen molar-refractivity contribution in [1.82, 2.24) is 9.97 Å². The Hall–Kier alpha value is -2.69. The topological polar surface area (TPSA) is 53.1 Å². The molecule has 0 fully saturated rings. The summed E-state index contributed by atoms with van der Waals surface area (Å²) in [4.78, 5) is 7.44. The van der Waals surface area contributed by atoms with Gasteiger partial charge < -0.3 is 4.98 Å². The molecule has 4 nitrogen and oxygen atoms in total. The number of hydrogen-bond donors (Lipinski definition) is 2. The third-order valence-corrected chi connectivity index (χ3v) is 2.92. The standard InChI is InChI=1S/C15H13FN4/c1-10-6-7-13-14(8-10)19-15(18-13)20-17-9-11-4-2-3-5-12(11)16/h2-9H,1H3,(H2,18,19,20)/b17-9-. The van der Waals surface area contributed by atoms with Crippen LogP contribution in [0, 0.1) is 12.7 Å². The normalized spacial score (nSPS) is 11.3. The van der Waals surface area contributed by atoms with E-state index in [1.807, 2.05) is 25.1 Å². The number of halogens is 1. The minimum absolute atomic E-state index is 0.307. The van der Waals surface area contributed by atoms with Crippen molar-refractivity contribution in [2.45, 2.75) is 6.92 Å². The lowest BCUT2D eigenvalue weighted by Crippen LogP contribution is -1.94. The summed E-state index contributed by atoms with van der Waals surface area (Å²) in [5.74, 6) is 0.219. The molecular formula is C15H13FN4. The van der Waals surface area contributed by atoms with Crippen LogP contribution in [0.25, 0.3) is 11.0 Å². The van der Waals surface area contributed by atoms with Gasteiger partial charge in [-0.15, -0.1) is 0 Å². The molecule has 0 aliphatic heterocycles. The molecule has 0 saturated carbocycles. The molecule has 5 heteroatoms. The number of benzene rings is 2. The number of nitrogens with one attached hydrogen (secondary N) is 2. The first-order chi connectivity index (χ1) is 9.72. The monoisotopic (exact) mass is 268 g/mol. The summed E-state index contributed by atoms with van der Waals surface area (Å²) in [7, 11) is 0. The molecule has 0 atom stereocenters. The zero-order valence-electron chi connectivity index (χ0n) is 10.9. The van der Waals surface area contributed by atoms with Crippen LogP contribution in [0.2, 0.25) is 0 Å². The Balaban J connectivity index is 1.78. The third-order valence-electron chi connectivity index (χ3n) is 2.92. The molecule has 1 heterocycles. The fourth-order valence-electron chi connectivity index (χ4n) is 1.92. The number of imidazole rings is 1. The molecule has 100 valence electrons. The zero-order valence-corrected chi connectivity index (χ0v) is 10.9. The second kappa shape index (κ2) is 5.13. The average molecular weight is 268 g/mol. The first kappa shape index (κ1) is 12.3. The number of hydrogen-bond acceptors (Lipinski definition) is 3. The number of rotatable bonds is 3. The van der Waals surface area contributed by atoms with Crippen molar-refractivity contribution in [2.24, 2.45) is 5.10 Å². The van der Waals surface area contributed by atoms with Crippen molar-refractivity contribution in [1.29, 1.82) is 0 Å². The van der Waals surface area contributed by atoms with E-state index in [9.17, 15) is 4.39 Å². The fourth-order valence-corrected chi connectivity index (χ4v) is 1.92. The lowest BCUT2D eigenvalue weighted by atomic mass is 10.2. The van der Waals surface area contributed by atoms with Gasteiger partial charge in [0.05, 0.1) is 17.2 Å². The third kappa shape index (κ3) is 2.51. The number of nitrogens with zero attached hydrogens (tertiary/aromatic N) is 2. The maximum Gasteiger partial charge on any atom is 0.222 e. The summed E-state index contributed by atoms with van der Waals surface area (Å²) in [5, 5.41) is 3.98. The smallest absolute Gasteiger partial charge is 0.222 e. The quantitative estimate of drug-likeness (QED) is 0.564. The summed E-state index contributed by atoms with van der Waals surface area (Å²) in [6.07, 6.45) is 1.42. The Morgan fingerprint density at radius 2 is 2.10 bits per heavy atom. The molecule has 0 amide bonds. The van der Waals surface area contributed by atoms with Crippen molar-refractivity contribution >= 4 is 23.2 Å². The Morgan fingerprint density at radius 3 is 2.95 bits per heavy atom. The van der Waals surface area contributed by atoms with Crippen molar-refractivity contribution in [3.63, 3.8) is 0 Å². The number of H-pyrrole nitrogens is 1. The highest BCUT2D eigenvalue weighted by Gasteiger charge is 2.01. The Labute approximate surface area is 115 Å². The summed E-state index contributed by atoms with van der Waals surface area (Å²) < 4.78 is 13.4. The highest BCUT2D eigenvalue weighted by Crippen LogP contribution is 2.15. The van der Waals surface area contributed by atoms with Crippen molar-refractivity contribution in [3.05, 3.63) is 59.4 Å². The molecule has 1 aromatic heterocycles. The van der Waals surface area contributed by atoms with E-state index >= 15 is 0 Å². The lowest BCUT2D eigenvalue weighted by Gasteiger charge is -1.95. The zero-order chi connectivity index (χ0) is 13.9. The van der Waals surface area contributed by atoms with Crippen LogP contribution in [0.5, 0.6) is 0 Å². The van der Waals surface area contributed by atoms with E-state index in [2.05, 4.69) is 20.5 Å². The summed E-state index contributed by atoms with van der Waals surface area (Å²) in [5.41, 5.74) is 6.14. The van der Waals surface area contributed by atoms with Crippen LogP contribution in [0.4, 0.5) is 10.3 Å². The number of fused-ring (bicyclic) bond motifs is 1. The van der Waals surface area contributed by atoms with E-state index in [0.29, 0.717) is 11.5 Å². The van der Waals surface area contributed by atoms with Gasteiger partial charge in [-0.1, -0.05) is 24.3 Å². The van der Waals surface area contributed by atoms with E-state index < -0.39 is 0 Å². The fraction of sp³-hybridized carbons (Fsp3) is 0.0667. The van der Waals surface area contributed by atoms with E-state index in [4.69, 9.17) is 0 Å². The van der Waals surface area contributed by atoms with Gasteiger partial charge in [0, 0.05) is 5.56 Å². The molecule has 0 aliphatic carbocycles. The second-order valence-corrected chi connectivity index (χ2v) is 4.50. The molecule has 2 N–H and O–H groups in total. The van der Waals surface area contributed by atoms with Crippen molar-refractivity contribution < 1.29 is 4.39 Å². The van der Waals surface area contributed by atoms with Crippen LogP contribution in [0.15, 0.2) is 47.6 Å². The highest BCUT2D eigenvalue weighted by atomic mass is 19.1. The van der Waals surface area contributed by atoms with E-state index in [1.165, 1.54) is 12.3 Å². The van der Waals surface area contributed by atoms with E-state index in [-0.39, 0.29) is 5.82 Å². The van der Waals surface area contributed by atoms with Crippen LogP contribution in [-0.2, 0) is 0 Å². The van der Waals surface area contributed by atoms with Gasteiger partial charge in [-0.2, -0.15) is 5.10 Å². The van der Waals surface area contributed by atoms with Crippen molar-refractivity contribution in [3.8, 4) is 0 Å². The summed E-state index contributed by atoms with van der Waals surface area (Å²) in [6, 6.07) is 12.4. The number of aryl methyl sites for hydroxylation is 1. The maximum absolute atomic E-state index is 13.4. The van der Waals surface area contributed by atoms with Gasteiger partial charge in [0.2, 0.25) is 5.95 Å². The maximum atomic E-state index is 13.4.